The highest BCUT2D eigenvalue weighted by Gasteiger charge is 2.47. The van der Waals surface area contributed by atoms with E-state index < -0.39 is 24.1 Å². The Hall–Kier alpha value is -2.93. The molecule has 0 saturated carbocycles. The lowest BCUT2D eigenvalue weighted by atomic mass is 9.87. The molecular weight excluding hydrogens is 412 g/mol. The number of benzene rings is 2. The van der Waals surface area contributed by atoms with Crippen LogP contribution in [0, 0.1) is 6.92 Å². The minimum Gasteiger partial charge on any atom is -0.481 e. The molecule has 0 saturated heterocycles. The Morgan fingerprint density at radius 3 is 2.80 bits per heavy atom. The zero-order chi connectivity index (χ0) is 21.6. The maximum absolute atomic E-state index is 13.9. The molecule has 0 fully saturated rings. The number of primary amides is 1. The number of anilines is 1. The van der Waals surface area contributed by atoms with Gasteiger partial charge in [-0.05, 0) is 38.1 Å². The second-order valence-corrected chi connectivity index (χ2v) is 8.09. The number of halogens is 3. The molecule has 0 radical (unpaired) electrons. The molecule has 2 amide bonds. The molecule has 1 aliphatic heterocycles. The van der Waals surface area contributed by atoms with Gasteiger partial charge in [0.25, 0.3) is 6.43 Å². The van der Waals surface area contributed by atoms with Crippen molar-refractivity contribution in [3.05, 3.63) is 64.9 Å². The number of hydrogen-bond acceptors (Lipinski definition) is 3. The highest BCUT2D eigenvalue weighted by molar-refractivity contribution is 6.30. The van der Waals surface area contributed by atoms with Gasteiger partial charge in [-0.2, -0.15) is 0 Å². The van der Waals surface area contributed by atoms with Crippen molar-refractivity contribution < 1.29 is 18.3 Å². The first-order valence-electron chi connectivity index (χ1n) is 9.40. The third-order valence-corrected chi connectivity index (χ3v) is 5.66. The van der Waals surface area contributed by atoms with Crippen LogP contribution in [0.5, 0.6) is 5.75 Å². The lowest BCUT2D eigenvalue weighted by molar-refractivity contribution is -0.0808. The highest BCUT2D eigenvalue weighted by Crippen LogP contribution is 2.47. The molecule has 2 atom stereocenters. The molecule has 2 N–H and O–H groups in total. The average molecular weight is 432 g/mol. The van der Waals surface area contributed by atoms with E-state index in [1.807, 2.05) is 19.1 Å². The normalized spacial score (nSPS) is 20.7. The number of ether oxygens (including phenoxy) is 1. The van der Waals surface area contributed by atoms with Crippen LogP contribution in [0.1, 0.15) is 30.6 Å². The van der Waals surface area contributed by atoms with Crippen LogP contribution in [0.2, 0.25) is 5.02 Å². The quantitative estimate of drug-likeness (QED) is 0.584. The van der Waals surface area contributed by atoms with Gasteiger partial charge in [0.1, 0.15) is 5.75 Å². The van der Waals surface area contributed by atoms with E-state index in [0.717, 1.165) is 16.5 Å². The van der Waals surface area contributed by atoms with Gasteiger partial charge in [0, 0.05) is 39.7 Å². The fourth-order valence-corrected chi connectivity index (χ4v) is 4.09. The first kappa shape index (κ1) is 20.3. The number of aryl methyl sites for hydroxylation is 1. The van der Waals surface area contributed by atoms with Crippen LogP contribution in [0.4, 0.5) is 19.3 Å². The van der Waals surface area contributed by atoms with Crippen LogP contribution in [0.15, 0.2) is 48.7 Å². The lowest BCUT2D eigenvalue weighted by Gasteiger charge is -2.43. The fourth-order valence-electron chi connectivity index (χ4n) is 3.93. The summed E-state index contributed by atoms with van der Waals surface area (Å²) in [5.74, 6) is 0.214. The van der Waals surface area contributed by atoms with Crippen molar-refractivity contribution >= 4 is 34.1 Å². The van der Waals surface area contributed by atoms with Gasteiger partial charge in [0.15, 0.2) is 5.60 Å². The van der Waals surface area contributed by atoms with Crippen molar-refractivity contribution in [1.29, 1.82) is 0 Å². The number of nitrogens with zero attached hydrogens (tertiary/aromatic N) is 2. The van der Waals surface area contributed by atoms with Crippen LogP contribution in [-0.2, 0) is 0 Å². The summed E-state index contributed by atoms with van der Waals surface area (Å²) < 4.78 is 33.5. The SMILES string of the molecule is Cc1cc2c(N(C(N)=O)C3CC(C)(C(F)F)Oc4cc(Cl)ccc43)cccc2cn1. The van der Waals surface area contributed by atoms with Gasteiger partial charge < -0.3 is 10.5 Å². The molecule has 8 heteroatoms. The van der Waals surface area contributed by atoms with E-state index in [4.69, 9.17) is 22.1 Å². The number of aromatic nitrogens is 1. The molecule has 1 aliphatic rings. The van der Waals surface area contributed by atoms with Gasteiger partial charge in [-0.3, -0.25) is 9.88 Å². The van der Waals surface area contributed by atoms with Gasteiger partial charge in [-0.15, -0.1) is 0 Å². The van der Waals surface area contributed by atoms with Crippen molar-refractivity contribution in [2.45, 2.75) is 38.3 Å². The minimum absolute atomic E-state index is 0.136. The van der Waals surface area contributed by atoms with E-state index in [2.05, 4.69) is 4.98 Å². The number of amides is 2. The van der Waals surface area contributed by atoms with Gasteiger partial charge >= 0.3 is 6.03 Å². The van der Waals surface area contributed by atoms with E-state index in [1.54, 1.807) is 30.5 Å². The molecule has 4 rings (SSSR count). The molecule has 156 valence electrons. The average Bonchev–Trinajstić information content (AvgIpc) is 2.67. The van der Waals surface area contributed by atoms with Crippen LogP contribution in [0.3, 0.4) is 0 Å². The molecule has 0 aliphatic carbocycles. The number of pyridine rings is 1. The van der Waals surface area contributed by atoms with Crippen molar-refractivity contribution in [2.24, 2.45) is 5.73 Å². The molecule has 0 spiro atoms. The number of fused-ring (bicyclic) bond motifs is 2. The second kappa shape index (κ2) is 7.40. The zero-order valence-corrected chi connectivity index (χ0v) is 17.2. The van der Waals surface area contributed by atoms with E-state index in [9.17, 15) is 13.6 Å². The summed E-state index contributed by atoms with van der Waals surface area (Å²) in [7, 11) is 0. The molecule has 0 bridgehead atoms. The molecule has 2 heterocycles. The molecule has 3 aromatic rings. The second-order valence-electron chi connectivity index (χ2n) is 7.65. The standard InChI is InChI=1S/C22H20ClF2N3O2/c1-12-8-16-13(11-27-12)4-3-5-17(16)28(21(26)29)18-10-22(2,20(24)25)30-19-9-14(23)6-7-15(18)19/h3-9,11,18,20H,10H2,1-2H3,(H2,26,29). The third-order valence-electron chi connectivity index (χ3n) is 5.42. The number of carbonyl (C=O) groups excluding carboxylic acids is 1. The Balaban J connectivity index is 1.94. The molecule has 1 aromatic heterocycles. The number of nitrogens with two attached hydrogens (primary N) is 1. The number of rotatable bonds is 3. The van der Waals surface area contributed by atoms with Gasteiger partial charge in [-0.25, -0.2) is 13.6 Å². The summed E-state index contributed by atoms with van der Waals surface area (Å²) in [4.78, 5) is 18.3. The monoisotopic (exact) mass is 431 g/mol. The van der Waals surface area contributed by atoms with E-state index in [-0.39, 0.29) is 12.2 Å². The van der Waals surface area contributed by atoms with Crippen molar-refractivity contribution in [1.82, 2.24) is 4.98 Å². The Kier molecular flexibility index (Phi) is 5.02. The Morgan fingerprint density at radius 2 is 2.10 bits per heavy atom. The topological polar surface area (TPSA) is 68.5 Å². The minimum atomic E-state index is -2.78. The van der Waals surface area contributed by atoms with Crippen LogP contribution < -0.4 is 15.4 Å². The highest BCUT2D eigenvalue weighted by atomic mass is 35.5. The number of hydrogen-bond donors (Lipinski definition) is 1. The Morgan fingerprint density at radius 1 is 1.33 bits per heavy atom. The lowest BCUT2D eigenvalue weighted by Crippen LogP contribution is -2.50. The summed E-state index contributed by atoms with van der Waals surface area (Å²) in [6.07, 6.45) is -1.21. The Bertz CT molecular complexity index is 1140. The van der Waals surface area contributed by atoms with Gasteiger partial charge in [0.2, 0.25) is 0 Å². The third kappa shape index (κ3) is 3.43. The zero-order valence-electron chi connectivity index (χ0n) is 16.4. The molecule has 2 aromatic carbocycles. The Labute approximate surface area is 177 Å². The van der Waals surface area contributed by atoms with Crippen molar-refractivity contribution in [3.8, 4) is 5.75 Å². The van der Waals surface area contributed by atoms with Crippen LogP contribution in [-0.4, -0.2) is 23.0 Å². The smallest absolute Gasteiger partial charge is 0.319 e. The van der Waals surface area contributed by atoms with E-state index in [1.165, 1.54) is 17.9 Å². The molecule has 5 nitrogen and oxygen atoms in total. The van der Waals surface area contributed by atoms with E-state index in [0.29, 0.717) is 16.3 Å². The number of carbonyl (C=O) groups is 1. The van der Waals surface area contributed by atoms with Gasteiger partial charge in [-0.1, -0.05) is 29.8 Å². The molecular formula is C22H20ClF2N3O2. The maximum Gasteiger partial charge on any atom is 0.319 e. The fraction of sp³-hybridized carbons (Fsp3) is 0.273. The number of urea groups is 1. The summed E-state index contributed by atoms with van der Waals surface area (Å²) in [6.45, 7) is 3.16. The van der Waals surface area contributed by atoms with Crippen LogP contribution >= 0.6 is 11.6 Å². The predicted octanol–water partition coefficient (Wildman–Crippen LogP) is 5.63. The molecule has 30 heavy (non-hydrogen) atoms. The first-order chi connectivity index (χ1) is 14.2. The summed E-state index contributed by atoms with van der Waals surface area (Å²) >= 11 is 6.07. The molecule has 2 unspecified atom stereocenters. The first-order valence-corrected chi connectivity index (χ1v) is 9.78. The summed E-state index contributed by atoms with van der Waals surface area (Å²) in [5, 5.41) is 1.91. The van der Waals surface area contributed by atoms with Crippen molar-refractivity contribution in [3.63, 3.8) is 0 Å². The number of alkyl halides is 2. The van der Waals surface area contributed by atoms with Crippen molar-refractivity contribution in [2.75, 3.05) is 4.90 Å². The summed E-state index contributed by atoms with van der Waals surface area (Å²) in [5.41, 5.74) is 5.84. The maximum atomic E-state index is 13.9. The largest absolute Gasteiger partial charge is 0.481 e. The van der Waals surface area contributed by atoms with Gasteiger partial charge in [0.05, 0.1) is 11.7 Å². The summed E-state index contributed by atoms with van der Waals surface area (Å²) in [6, 6.07) is 10.5. The predicted molar refractivity (Wildman–Crippen MR) is 112 cm³/mol. The van der Waals surface area contributed by atoms with Crippen LogP contribution in [0.25, 0.3) is 10.8 Å². The van der Waals surface area contributed by atoms with E-state index >= 15 is 0 Å².